The Balaban J connectivity index is 2.26. The molecule has 5 nitrogen and oxygen atoms in total. The van der Waals surface area contributed by atoms with Crippen molar-refractivity contribution in [3.8, 4) is 5.88 Å². The van der Waals surface area contributed by atoms with Crippen LogP contribution in [0.3, 0.4) is 0 Å². The first-order valence-electron chi connectivity index (χ1n) is 7.03. The van der Waals surface area contributed by atoms with Crippen LogP contribution in [0.4, 0.5) is 5.69 Å². The van der Waals surface area contributed by atoms with Crippen LogP contribution in [-0.2, 0) is 4.79 Å². The monoisotopic (exact) mass is 299 g/mol. The third kappa shape index (κ3) is 3.43. The number of methoxy groups -OCH3 is 1. The van der Waals surface area contributed by atoms with Crippen molar-refractivity contribution in [3.63, 3.8) is 0 Å². The van der Waals surface area contributed by atoms with E-state index in [-0.39, 0.29) is 11.9 Å². The van der Waals surface area contributed by atoms with Crippen molar-refractivity contribution in [2.24, 2.45) is 0 Å². The van der Waals surface area contributed by atoms with Crippen molar-refractivity contribution in [2.45, 2.75) is 6.04 Å². The topological polar surface area (TPSA) is 45.7 Å². The predicted octanol–water partition coefficient (Wildman–Crippen LogP) is 2.36. The number of hydrogen-bond donors (Lipinski definition) is 0. The Morgan fingerprint density at radius 2 is 1.77 bits per heavy atom. The Kier molecular flexibility index (Phi) is 5.12. The molecule has 1 atom stereocenters. The number of amides is 1. The molecule has 0 bridgehead atoms. The van der Waals surface area contributed by atoms with Crippen LogP contribution in [0.1, 0.15) is 11.6 Å². The van der Waals surface area contributed by atoms with Crippen LogP contribution in [0, 0.1) is 0 Å². The summed E-state index contributed by atoms with van der Waals surface area (Å²) in [6, 6.07) is 13.0. The Morgan fingerprint density at radius 3 is 2.27 bits per heavy atom. The van der Waals surface area contributed by atoms with Gasteiger partial charge in [-0.15, -0.1) is 0 Å². The molecular formula is C17H21N3O2. The number of hydrogen-bond acceptors (Lipinski definition) is 4. The summed E-state index contributed by atoms with van der Waals surface area (Å²) in [5.74, 6) is 0.514. The standard InChI is InChI=1S/C17H21N3O2/c1-19(2)16(13-8-6-5-7-9-13)17(21)20(3)14-10-11-15(22-4)18-12-14/h5-12,16H,1-4H3/t16-/m0/s1. The average Bonchev–Trinajstić information content (AvgIpc) is 2.55. The zero-order chi connectivity index (χ0) is 16.1. The van der Waals surface area contributed by atoms with E-state index in [9.17, 15) is 4.79 Å². The Morgan fingerprint density at radius 1 is 1.09 bits per heavy atom. The van der Waals surface area contributed by atoms with Gasteiger partial charge >= 0.3 is 0 Å². The second kappa shape index (κ2) is 7.04. The van der Waals surface area contributed by atoms with E-state index in [0.29, 0.717) is 5.88 Å². The van der Waals surface area contributed by atoms with E-state index in [1.165, 1.54) is 0 Å². The summed E-state index contributed by atoms with van der Waals surface area (Å²) < 4.78 is 5.04. The normalized spacial score (nSPS) is 12.0. The third-order valence-corrected chi connectivity index (χ3v) is 3.51. The summed E-state index contributed by atoms with van der Waals surface area (Å²) in [4.78, 5) is 20.5. The predicted molar refractivity (Wildman–Crippen MR) is 87.1 cm³/mol. The van der Waals surface area contributed by atoms with Crippen LogP contribution in [-0.4, -0.2) is 44.0 Å². The summed E-state index contributed by atoms with van der Waals surface area (Å²) in [7, 11) is 7.12. The van der Waals surface area contributed by atoms with Crippen LogP contribution in [0.15, 0.2) is 48.7 Å². The minimum atomic E-state index is -0.340. The van der Waals surface area contributed by atoms with Crippen LogP contribution in [0.5, 0.6) is 5.88 Å². The molecule has 0 aliphatic carbocycles. The molecule has 0 aliphatic heterocycles. The van der Waals surface area contributed by atoms with Gasteiger partial charge in [-0.05, 0) is 25.7 Å². The van der Waals surface area contributed by atoms with E-state index in [2.05, 4.69) is 4.98 Å². The van der Waals surface area contributed by atoms with Gasteiger partial charge in [0.05, 0.1) is 19.0 Å². The van der Waals surface area contributed by atoms with Gasteiger partial charge in [0.25, 0.3) is 0 Å². The lowest BCUT2D eigenvalue weighted by Gasteiger charge is -2.28. The maximum atomic E-state index is 12.9. The number of rotatable bonds is 5. The van der Waals surface area contributed by atoms with Crippen LogP contribution < -0.4 is 9.64 Å². The molecule has 0 unspecified atom stereocenters. The second-order valence-corrected chi connectivity index (χ2v) is 5.23. The van der Waals surface area contributed by atoms with Crippen LogP contribution in [0.25, 0.3) is 0 Å². The molecule has 0 saturated carbocycles. The number of nitrogens with zero attached hydrogens (tertiary/aromatic N) is 3. The number of carbonyl (C=O) groups excluding carboxylic acids is 1. The van der Waals surface area contributed by atoms with Gasteiger partial charge in [-0.3, -0.25) is 9.69 Å². The molecule has 5 heteroatoms. The molecule has 0 spiro atoms. The minimum absolute atomic E-state index is 0.0110. The van der Waals surface area contributed by atoms with Crippen molar-refractivity contribution in [2.75, 3.05) is 33.2 Å². The summed E-state index contributed by atoms with van der Waals surface area (Å²) in [5, 5.41) is 0. The van der Waals surface area contributed by atoms with Gasteiger partial charge in [0.15, 0.2) is 0 Å². The molecule has 2 rings (SSSR count). The lowest BCUT2D eigenvalue weighted by atomic mass is 10.0. The minimum Gasteiger partial charge on any atom is -0.481 e. The first-order valence-corrected chi connectivity index (χ1v) is 7.03. The number of likely N-dealkylation sites (N-methyl/N-ethyl adjacent to an activating group) is 2. The molecule has 0 radical (unpaired) electrons. The van der Waals surface area contributed by atoms with Gasteiger partial charge in [0, 0.05) is 13.1 Å². The summed E-state index contributed by atoms with van der Waals surface area (Å²) in [5.41, 5.74) is 1.69. The smallest absolute Gasteiger partial charge is 0.248 e. The van der Waals surface area contributed by atoms with E-state index >= 15 is 0 Å². The maximum Gasteiger partial charge on any atom is 0.248 e. The Bertz CT molecular complexity index is 612. The molecule has 2 aromatic rings. The summed E-state index contributed by atoms with van der Waals surface area (Å²) in [6.07, 6.45) is 1.63. The highest BCUT2D eigenvalue weighted by molar-refractivity contribution is 5.97. The fraction of sp³-hybridized carbons (Fsp3) is 0.294. The molecular weight excluding hydrogens is 278 g/mol. The van der Waals surface area contributed by atoms with Crippen molar-refractivity contribution in [1.29, 1.82) is 0 Å². The number of carbonyl (C=O) groups is 1. The highest BCUT2D eigenvalue weighted by Crippen LogP contribution is 2.24. The quantitative estimate of drug-likeness (QED) is 0.850. The third-order valence-electron chi connectivity index (χ3n) is 3.51. The first kappa shape index (κ1) is 16.0. The van der Waals surface area contributed by atoms with Gasteiger partial charge in [0.2, 0.25) is 11.8 Å². The van der Waals surface area contributed by atoms with Crippen molar-refractivity contribution in [3.05, 3.63) is 54.2 Å². The molecule has 0 aliphatic rings. The molecule has 1 aromatic heterocycles. The van der Waals surface area contributed by atoms with Gasteiger partial charge in [-0.2, -0.15) is 0 Å². The lowest BCUT2D eigenvalue weighted by Crippen LogP contribution is -2.38. The second-order valence-electron chi connectivity index (χ2n) is 5.23. The van der Waals surface area contributed by atoms with Crippen molar-refractivity contribution >= 4 is 11.6 Å². The lowest BCUT2D eigenvalue weighted by molar-refractivity contribution is -0.122. The number of benzene rings is 1. The van der Waals surface area contributed by atoms with Crippen LogP contribution >= 0.6 is 0 Å². The number of aromatic nitrogens is 1. The fourth-order valence-corrected chi connectivity index (χ4v) is 2.30. The van der Waals surface area contributed by atoms with Gasteiger partial charge < -0.3 is 9.64 Å². The largest absolute Gasteiger partial charge is 0.481 e. The van der Waals surface area contributed by atoms with Gasteiger partial charge in [-0.25, -0.2) is 4.98 Å². The number of ether oxygens (including phenoxy) is 1. The number of pyridine rings is 1. The zero-order valence-electron chi connectivity index (χ0n) is 13.4. The highest BCUT2D eigenvalue weighted by atomic mass is 16.5. The van der Waals surface area contributed by atoms with E-state index in [4.69, 9.17) is 4.74 Å². The molecule has 1 aromatic carbocycles. The molecule has 1 heterocycles. The average molecular weight is 299 g/mol. The Hall–Kier alpha value is -2.40. The van der Waals surface area contributed by atoms with E-state index in [1.807, 2.05) is 55.4 Å². The van der Waals surface area contributed by atoms with Gasteiger partial charge in [0.1, 0.15) is 6.04 Å². The molecule has 116 valence electrons. The molecule has 22 heavy (non-hydrogen) atoms. The van der Waals surface area contributed by atoms with E-state index in [1.54, 1.807) is 31.3 Å². The fourth-order valence-electron chi connectivity index (χ4n) is 2.30. The molecule has 0 N–H and O–H groups in total. The SMILES string of the molecule is COc1ccc(N(C)C(=O)[C@H](c2ccccc2)N(C)C)cn1. The summed E-state index contributed by atoms with van der Waals surface area (Å²) >= 11 is 0. The first-order chi connectivity index (χ1) is 10.5. The highest BCUT2D eigenvalue weighted by Gasteiger charge is 2.26. The van der Waals surface area contributed by atoms with Crippen LogP contribution in [0.2, 0.25) is 0 Å². The van der Waals surface area contributed by atoms with Crippen molar-refractivity contribution < 1.29 is 9.53 Å². The molecule has 1 amide bonds. The number of anilines is 1. The van der Waals surface area contributed by atoms with E-state index in [0.717, 1.165) is 11.3 Å². The molecule has 0 saturated heterocycles. The van der Waals surface area contributed by atoms with Gasteiger partial charge in [-0.1, -0.05) is 30.3 Å². The van der Waals surface area contributed by atoms with E-state index < -0.39 is 0 Å². The maximum absolute atomic E-state index is 12.9. The summed E-state index contributed by atoms with van der Waals surface area (Å²) in [6.45, 7) is 0. The van der Waals surface area contributed by atoms with Crippen molar-refractivity contribution in [1.82, 2.24) is 9.88 Å². The zero-order valence-corrected chi connectivity index (χ0v) is 13.4. The molecule has 0 fully saturated rings. The Labute approximate surface area is 131 Å².